The van der Waals surface area contributed by atoms with Gasteiger partial charge in [-0.15, -0.1) is 0 Å². The van der Waals surface area contributed by atoms with Crippen LogP contribution in [0, 0.1) is 11.8 Å². The molecule has 1 aliphatic heterocycles. The summed E-state index contributed by atoms with van der Waals surface area (Å²) in [7, 11) is 0. The summed E-state index contributed by atoms with van der Waals surface area (Å²) in [4.78, 5) is 105. The molecule has 3 rings (SSSR count). The van der Waals surface area contributed by atoms with E-state index in [0.29, 0.717) is 37.1 Å². The summed E-state index contributed by atoms with van der Waals surface area (Å²) < 4.78 is 0. The van der Waals surface area contributed by atoms with Crippen molar-refractivity contribution in [3.8, 4) is 5.75 Å². The zero-order valence-electron chi connectivity index (χ0n) is 34.5. The molecule has 14 N–H and O–H groups in total. The van der Waals surface area contributed by atoms with Crippen LogP contribution in [-0.4, -0.2) is 128 Å². The number of hydrogen-bond donors (Lipinski definition) is 11. The summed E-state index contributed by atoms with van der Waals surface area (Å²) >= 11 is 0. The third-order valence-corrected chi connectivity index (χ3v) is 10.2. The molecular weight excluding hydrogens is 781 g/mol. The number of nitrogens with one attached hydrogen (secondary N) is 6. The van der Waals surface area contributed by atoms with E-state index in [-0.39, 0.29) is 43.9 Å². The van der Waals surface area contributed by atoms with E-state index >= 15 is 0 Å². The smallest absolute Gasteiger partial charge is 0.326 e. The highest BCUT2D eigenvalue weighted by Crippen LogP contribution is 2.21. The number of likely N-dealkylation sites (tertiary alicyclic amines) is 1. The van der Waals surface area contributed by atoms with Gasteiger partial charge in [-0.05, 0) is 55.2 Å². The number of nitrogens with zero attached hydrogens (tertiary/aromatic N) is 3. The summed E-state index contributed by atoms with van der Waals surface area (Å²) in [5.41, 5.74) is 18.3. The predicted molar refractivity (Wildman–Crippen MR) is 219 cm³/mol. The highest BCUT2D eigenvalue weighted by molar-refractivity contribution is 5.97. The molecule has 21 heteroatoms. The maximum Gasteiger partial charge on any atom is 0.326 e. The van der Waals surface area contributed by atoms with Crippen LogP contribution in [-0.2, 0) is 46.4 Å². The van der Waals surface area contributed by atoms with Crippen molar-refractivity contribution >= 4 is 47.4 Å². The molecule has 2 heterocycles. The molecule has 0 radical (unpaired) electrons. The number of phenols is 1. The Kier molecular flexibility index (Phi) is 18.7. The minimum absolute atomic E-state index is 0.00665. The van der Waals surface area contributed by atoms with Crippen LogP contribution in [0.5, 0.6) is 5.75 Å². The first-order valence-corrected chi connectivity index (χ1v) is 20.0. The average molecular weight is 841 g/mol. The first-order chi connectivity index (χ1) is 28.4. The molecule has 7 unspecified atom stereocenters. The lowest BCUT2D eigenvalue weighted by Gasteiger charge is -2.31. The van der Waals surface area contributed by atoms with Crippen molar-refractivity contribution in [2.75, 3.05) is 19.6 Å². The van der Waals surface area contributed by atoms with E-state index in [4.69, 9.17) is 17.2 Å². The van der Waals surface area contributed by atoms with Crippen molar-refractivity contribution in [1.29, 1.82) is 0 Å². The van der Waals surface area contributed by atoms with E-state index in [1.165, 1.54) is 23.4 Å². The van der Waals surface area contributed by atoms with E-state index in [9.17, 15) is 43.8 Å². The number of phenolic OH excluding ortho intramolecular Hbond substituents is 1. The van der Waals surface area contributed by atoms with Crippen molar-refractivity contribution < 1.29 is 43.8 Å². The number of carbonyl (C=O) groups is 7. The Morgan fingerprint density at radius 2 is 1.62 bits per heavy atom. The standard InChI is InChI=1S/C39H60N12O9/c1-5-22(4)32(50-35(56)29-9-7-15-51(29)37(58)26(40)17-24-18-43-20-46-24)36(57)48-28(16-23-10-12-25(52)13-11-23)34(55)47-27(8-6-14-44-39(41)42)33(54)45-19-30(53)49-31(21(2)3)38(59)60/h10-13,18,20-22,26-29,31-32,52H,5-9,14-17,19,40H2,1-4H3,(H,43,46)(H,45,54)(H,47,55)(H,48,57)(H,49,53)(H,50,56)(H,59,60)(H4,41,42,44). The molecular formula is C39H60N12O9. The van der Waals surface area contributed by atoms with Crippen molar-refractivity contribution in [3.05, 3.63) is 48.0 Å². The number of imidazole rings is 1. The molecule has 60 heavy (non-hydrogen) atoms. The van der Waals surface area contributed by atoms with Gasteiger partial charge in [-0.3, -0.25) is 33.8 Å². The maximum absolute atomic E-state index is 14.2. The second kappa shape index (κ2) is 23.4. The number of amides is 6. The van der Waals surface area contributed by atoms with Crippen molar-refractivity contribution in [2.24, 2.45) is 34.0 Å². The van der Waals surface area contributed by atoms with Crippen LogP contribution in [0.1, 0.15) is 71.1 Å². The lowest BCUT2D eigenvalue weighted by atomic mass is 9.96. The van der Waals surface area contributed by atoms with Crippen LogP contribution in [0.3, 0.4) is 0 Å². The van der Waals surface area contributed by atoms with E-state index in [1.807, 2.05) is 6.92 Å². The fourth-order valence-electron chi connectivity index (χ4n) is 6.60. The van der Waals surface area contributed by atoms with Crippen molar-refractivity contribution in [3.63, 3.8) is 0 Å². The lowest BCUT2D eigenvalue weighted by molar-refractivity contribution is -0.143. The SMILES string of the molecule is CCC(C)C(NC(=O)C1CCCN1C(=O)C(N)Cc1cnc[nH]1)C(=O)NC(Cc1ccc(O)cc1)C(=O)NC(CCCN=C(N)N)C(=O)NCC(=O)NC(C(=O)O)C(C)C. The van der Waals surface area contributed by atoms with Crippen LogP contribution in [0.4, 0.5) is 0 Å². The van der Waals surface area contributed by atoms with Gasteiger partial charge in [0.1, 0.15) is 36.0 Å². The zero-order chi connectivity index (χ0) is 44.5. The van der Waals surface area contributed by atoms with E-state index in [0.717, 1.165) is 0 Å². The van der Waals surface area contributed by atoms with Gasteiger partial charge in [0.2, 0.25) is 35.4 Å². The number of carboxylic acids is 1. The Labute approximate surface area is 348 Å². The zero-order valence-corrected chi connectivity index (χ0v) is 34.5. The topological polar surface area (TPSA) is 342 Å². The van der Waals surface area contributed by atoms with Crippen LogP contribution >= 0.6 is 0 Å². The number of aromatic amines is 1. The summed E-state index contributed by atoms with van der Waals surface area (Å²) in [6.07, 6.45) is 4.66. The predicted octanol–water partition coefficient (Wildman–Crippen LogP) is -1.89. The number of guanidine groups is 1. The monoisotopic (exact) mass is 840 g/mol. The molecule has 1 aliphatic rings. The molecule has 1 fully saturated rings. The Morgan fingerprint density at radius 3 is 2.22 bits per heavy atom. The van der Waals surface area contributed by atoms with Gasteiger partial charge in [-0.2, -0.15) is 0 Å². The molecule has 7 atom stereocenters. The number of aromatic nitrogens is 2. The van der Waals surface area contributed by atoms with E-state index in [1.54, 1.807) is 39.1 Å². The molecule has 330 valence electrons. The number of H-pyrrole nitrogens is 1. The molecule has 0 saturated carbocycles. The van der Waals surface area contributed by atoms with Gasteiger partial charge in [0.15, 0.2) is 5.96 Å². The number of carbonyl (C=O) groups excluding carboxylic acids is 6. The van der Waals surface area contributed by atoms with E-state index < -0.39 is 96.0 Å². The number of benzene rings is 1. The fourth-order valence-corrected chi connectivity index (χ4v) is 6.60. The summed E-state index contributed by atoms with van der Waals surface area (Å²) in [5.74, 6) is -6.36. The quantitative estimate of drug-likeness (QED) is 0.0332. The number of aliphatic carboxylic acids is 1. The fraction of sp³-hybridized carbons (Fsp3) is 0.564. The molecule has 0 spiro atoms. The third kappa shape index (κ3) is 14.8. The second-order valence-corrected chi connectivity index (χ2v) is 15.2. The summed E-state index contributed by atoms with van der Waals surface area (Å²) in [5, 5.41) is 32.3. The van der Waals surface area contributed by atoms with E-state index in [2.05, 4.69) is 41.5 Å². The van der Waals surface area contributed by atoms with Crippen molar-refractivity contribution in [1.82, 2.24) is 41.5 Å². The summed E-state index contributed by atoms with van der Waals surface area (Å²) in [6, 6.07) is -0.844. The molecule has 21 nitrogen and oxygen atoms in total. The summed E-state index contributed by atoms with van der Waals surface area (Å²) in [6.45, 7) is 6.61. The minimum atomic E-state index is -1.32. The maximum atomic E-state index is 14.2. The number of aromatic hydroxyl groups is 1. The molecule has 6 amide bonds. The average Bonchev–Trinajstić information content (AvgIpc) is 3.91. The molecule has 1 saturated heterocycles. The molecule has 1 aromatic carbocycles. The van der Waals surface area contributed by atoms with Gasteiger partial charge in [-0.1, -0.05) is 46.2 Å². The van der Waals surface area contributed by atoms with Gasteiger partial charge in [0, 0.05) is 37.8 Å². The Hall–Kier alpha value is -6.25. The highest BCUT2D eigenvalue weighted by Gasteiger charge is 2.39. The van der Waals surface area contributed by atoms with Crippen LogP contribution in [0.15, 0.2) is 41.8 Å². The normalized spacial score (nSPS) is 16.6. The first kappa shape index (κ1) is 48.1. The van der Waals surface area contributed by atoms with Gasteiger partial charge < -0.3 is 63.9 Å². The molecule has 1 aromatic heterocycles. The van der Waals surface area contributed by atoms with Gasteiger partial charge in [0.05, 0.1) is 18.9 Å². The molecule has 2 aromatic rings. The number of rotatable bonds is 23. The van der Waals surface area contributed by atoms with Gasteiger partial charge in [0.25, 0.3) is 0 Å². The number of carboxylic acid groups (broad SMARTS) is 1. The number of hydrogen-bond acceptors (Lipinski definition) is 11. The number of aliphatic imine (C=N–C) groups is 1. The Morgan fingerprint density at radius 1 is 0.933 bits per heavy atom. The minimum Gasteiger partial charge on any atom is -0.508 e. The second-order valence-electron chi connectivity index (χ2n) is 15.2. The van der Waals surface area contributed by atoms with Gasteiger partial charge >= 0.3 is 5.97 Å². The van der Waals surface area contributed by atoms with Crippen LogP contribution < -0.4 is 43.8 Å². The van der Waals surface area contributed by atoms with Crippen molar-refractivity contribution in [2.45, 2.75) is 109 Å². The Bertz CT molecular complexity index is 1800. The number of nitrogens with two attached hydrogens (primary N) is 3. The molecule has 0 bridgehead atoms. The van der Waals surface area contributed by atoms with Gasteiger partial charge in [-0.25, -0.2) is 9.78 Å². The first-order valence-electron chi connectivity index (χ1n) is 20.0. The molecule has 0 aliphatic carbocycles. The van der Waals surface area contributed by atoms with Crippen LogP contribution in [0.25, 0.3) is 0 Å². The largest absolute Gasteiger partial charge is 0.508 e. The lowest BCUT2D eigenvalue weighted by Crippen LogP contribution is -2.60. The highest BCUT2D eigenvalue weighted by atomic mass is 16.4. The Balaban J connectivity index is 1.82. The van der Waals surface area contributed by atoms with Crippen LogP contribution in [0.2, 0.25) is 0 Å². The third-order valence-electron chi connectivity index (χ3n) is 10.2.